The molecule has 4 nitrogen and oxygen atoms in total. The van der Waals surface area contributed by atoms with Crippen molar-refractivity contribution in [1.82, 2.24) is 4.98 Å². The van der Waals surface area contributed by atoms with Gasteiger partial charge >= 0.3 is 5.97 Å². The van der Waals surface area contributed by atoms with Crippen LogP contribution in [-0.2, 0) is 4.74 Å². The van der Waals surface area contributed by atoms with Crippen LogP contribution in [0.25, 0.3) is 0 Å². The number of thiazole rings is 1. The molecule has 0 saturated heterocycles. The molecule has 0 bridgehead atoms. The van der Waals surface area contributed by atoms with Crippen molar-refractivity contribution in [3.8, 4) is 0 Å². The van der Waals surface area contributed by atoms with E-state index in [1.165, 1.54) is 18.4 Å². The summed E-state index contributed by atoms with van der Waals surface area (Å²) in [5.74, 6) is -0.413. The van der Waals surface area contributed by atoms with Crippen LogP contribution in [0.2, 0.25) is 0 Å². The highest BCUT2D eigenvalue weighted by atomic mass is 79.9. The summed E-state index contributed by atoms with van der Waals surface area (Å²) in [5.41, 5.74) is 1.26. The van der Waals surface area contributed by atoms with Gasteiger partial charge in [0.1, 0.15) is 0 Å². The number of benzene rings is 1. The van der Waals surface area contributed by atoms with E-state index in [-0.39, 0.29) is 0 Å². The van der Waals surface area contributed by atoms with Crippen molar-refractivity contribution in [2.24, 2.45) is 0 Å². The average Bonchev–Trinajstić information content (AvgIpc) is 2.72. The predicted octanol–water partition coefficient (Wildman–Crippen LogP) is 3.74. The summed E-state index contributed by atoms with van der Waals surface area (Å²) >= 11 is 4.86. The minimum Gasteiger partial charge on any atom is -0.464 e. The van der Waals surface area contributed by atoms with Gasteiger partial charge in [-0.25, -0.2) is 9.78 Å². The normalized spacial score (nSPS) is 10.2. The van der Waals surface area contributed by atoms with E-state index < -0.39 is 5.97 Å². The summed E-state index contributed by atoms with van der Waals surface area (Å²) in [6.07, 6.45) is 0. The van der Waals surface area contributed by atoms with Crippen LogP contribution in [0.1, 0.15) is 15.4 Å². The molecule has 1 heterocycles. The summed E-state index contributed by atoms with van der Waals surface area (Å²) < 4.78 is 5.61. The Balaban J connectivity index is 2.26. The second-order valence-corrected chi connectivity index (χ2v) is 5.58. The molecule has 0 atom stereocenters. The number of halogens is 1. The minimum atomic E-state index is -0.413. The summed E-state index contributed by atoms with van der Waals surface area (Å²) in [6.45, 7) is 1.84. The van der Waals surface area contributed by atoms with Crippen molar-refractivity contribution >= 4 is 44.1 Å². The number of para-hydroxylation sites is 1. The Morgan fingerprint density at radius 2 is 2.17 bits per heavy atom. The van der Waals surface area contributed by atoms with Crippen molar-refractivity contribution in [3.05, 3.63) is 39.3 Å². The third kappa shape index (κ3) is 2.70. The van der Waals surface area contributed by atoms with Crippen LogP contribution in [0, 0.1) is 6.92 Å². The zero-order valence-electron chi connectivity index (χ0n) is 9.86. The lowest BCUT2D eigenvalue weighted by Crippen LogP contribution is -2.03. The van der Waals surface area contributed by atoms with E-state index in [1.807, 2.05) is 31.2 Å². The predicted molar refractivity (Wildman–Crippen MR) is 75.6 cm³/mol. The number of anilines is 2. The van der Waals surface area contributed by atoms with Crippen LogP contribution < -0.4 is 5.32 Å². The topological polar surface area (TPSA) is 51.2 Å². The molecular weight excluding hydrogens is 316 g/mol. The molecule has 0 fully saturated rings. The van der Waals surface area contributed by atoms with Crippen molar-refractivity contribution in [3.63, 3.8) is 0 Å². The SMILES string of the molecule is COC(=O)c1nc(Nc2ccccc2Br)sc1C. The quantitative estimate of drug-likeness (QED) is 0.873. The van der Waals surface area contributed by atoms with Crippen molar-refractivity contribution in [2.75, 3.05) is 12.4 Å². The van der Waals surface area contributed by atoms with Gasteiger partial charge in [0.05, 0.1) is 12.8 Å². The first-order valence-corrected chi connectivity index (χ1v) is 6.80. The molecule has 0 aliphatic rings. The van der Waals surface area contributed by atoms with E-state index in [4.69, 9.17) is 0 Å². The van der Waals surface area contributed by atoms with Crippen LogP contribution in [0.4, 0.5) is 10.8 Å². The number of ether oxygens (including phenoxy) is 1. The third-order valence-corrected chi connectivity index (χ3v) is 3.87. The van der Waals surface area contributed by atoms with E-state index in [1.54, 1.807) is 0 Å². The highest BCUT2D eigenvalue weighted by Crippen LogP contribution is 2.29. The average molecular weight is 327 g/mol. The number of nitrogens with zero attached hydrogens (tertiary/aromatic N) is 1. The van der Waals surface area contributed by atoms with Crippen LogP contribution in [0.3, 0.4) is 0 Å². The first-order valence-electron chi connectivity index (χ1n) is 5.19. The number of carbonyl (C=O) groups is 1. The monoisotopic (exact) mass is 326 g/mol. The molecule has 2 rings (SSSR count). The Labute approximate surface area is 117 Å². The van der Waals surface area contributed by atoms with Crippen LogP contribution in [0.15, 0.2) is 28.7 Å². The maximum Gasteiger partial charge on any atom is 0.357 e. The first kappa shape index (κ1) is 13.0. The molecule has 0 spiro atoms. The van der Waals surface area contributed by atoms with Gasteiger partial charge in [0.2, 0.25) is 0 Å². The maximum absolute atomic E-state index is 11.5. The fourth-order valence-corrected chi connectivity index (χ4v) is 2.61. The van der Waals surface area contributed by atoms with Gasteiger partial charge < -0.3 is 10.1 Å². The Hall–Kier alpha value is -1.40. The van der Waals surface area contributed by atoms with Crippen molar-refractivity contribution < 1.29 is 9.53 Å². The van der Waals surface area contributed by atoms with Crippen LogP contribution >= 0.6 is 27.3 Å². The fraction of sp³-hybridized carbons (Fsp3) is 0.167. The molecule has 0 aliphatic heterocycles. The number of hydrogen-bond donors (Lipinski definition) is 1. The first-order chi connectivity index (χ1) is 8.61. The van der Waals surface area contributed by atoms with E-state index in [9.17, 15) is 4.79 Å². The van der Waals surface area contributed by atoms with E-state index >= 15 is 0 Å². The number of esters is 1. The van der Waals surface area contributed by atoms with E-state index in [2.05, 4.69) is 31.0 Å². The molecule has 1 aromatic heterocycles. The van der Waals surface area contributed by atoms with Crippen LogP contribution in [-0.4, -0.2) is 18.1 Å². The van der Waals surface area contributed by atoms with Crippen LogP contribution in [0.5, 0.6) is 0 Å². The Morgan fingerprint density at radius 1 is 1.44 bits per heavy atom. The van der Waals surface area contributed by atoms with Gasteiger partial charge in [0, 0.05) is 9.35 Å². The number of methoxy groups -OCH3 is 1. The highest BCUT2D eigenvalue weighted by molar-refractivity contribution is 9.10. The molecule has 2 aromatic rings. The molecule has 0 radical (unpaired) electrons. The number of aryl methyl sites for hydroxylation is 1. The molecule has 94 valence electrons. The van der Waals surface area contributed by atoms with Gasteiger partial charge in [-0.2, -0.15) is 0 Å². The Morgan fingerprint density at radius 3 is 2.83 bits per heavy atom. The second kappa shape index (κ2) is 5.49. The molecule has 0 aliphatic carbocycles. The largest absolute Gasteiger partial charge is 0.464 e. The Bertz CT molecular complexity index is 583. The standard InChI is InChI=1S/C12H11BrN2O2S/c1-7-10(11(16)17-2)15-12(18-7)14-9-6-4-3-5-8(9)13/h3-6H,1-2H3,(H,14,15). The maximum atomic E-state index is 11.5. The van der Waals surface area contributed by atoms with E-state index in [0.717, 1.165) is 15.0 Å². The zero-order valence-corrected chi connectivity index (χ0v) is 12.3. The molecule has 0 amide bonds. The molecule has 1 N–H and O–H groups in total. The minimum absolute atomic E-state index is 0.358. The summed E-state index contributed by atoms with van der Waals surface area (Å²) in [6, 6.07) is 7.72. The molecule has 0 saturated carbocycles. The number of nitrogens with one attached hydrogen (secondary N) is 1. The fourth-order valence-electron chi connectivity index (χ4n) is 1.41. The molecular formula is C12H11BrN2O2S. The summed E-state index contributed by atoms with van der Waals surface area (Å²) in [5, 5.41) is 3.83. The number of hydrogen-bond acceptors (Lipinski definition) is 5. The summed E-state index contributed by atoms with van der Waals surface area (Å²) in [7, 11) is 1.35. The smallest absolute Gasteiger partial charge is 0.357 e. The number of carbonyl (C=O) groups excluding carboxylic acids is 1. The lowest BCUT2D eigenvalue weighted by atomic mass is 10.3. The van der Waals surface area contributed by atoms with Gasteiger partial charge in [0.25, 0.3) is 0 Å². The number of rotatable bonds is 3. The lowest BCUT2D eigenvalue weighted by Gasteiger charge is -2.03. The number of aromatic nitrogens is 1. The molecule has 6 heteroatoms. The molecule has 0 unspecified atom stereocenters. The van der Waals surface area contributed by atoms with Gasteiger partial charge in [-0.3, -0.25) is 0 Å². The van der Waals surface area contributed by atoms with Gasteiger partial charge in [0.15, 0.2) is 10.8 Å². The highest BCUT2D eigenvalue weighted by Gasteiger charge is 2.16. The van der Waals surface area contributed by atoms with Gasteiger partial charge in [-0.05, 0) is 35.0 Å². The molecule has 18 heavy (non-hydrogen) atoms. The van der Waals surface area contributed by atoms with Gasteiger partial charge in [-0.1, -0.05) is 12.1 Å². The lowest BCUT2D eigenvalue weighted by molar-refractivity contribution is 0.0594. The zero-order chi connectivity index (χ0) is 13.1. The van der Waals surface area contributed by atoms with Crippen molar-refractivity contribution in [2.45, 2.75) is 6.92 Å². The third-order valence-electron chi connectivity index (χ3n) is 2.29. The van der Waals surface area contributed by atoms with Crippen molar-refractivity contribution in [1.29, 1.82) is 0 Å². The molecule has 1 aromatic carbocycles. The Kier molecular flexibility index (Phi) is 3.98. The van der Waals surface area contributed by atoms with Gasteiger partial charge in [-0.15, -0.1) is 11.3 Å². The second-order valence-electron chi connectivity index (χ2n) is 3.52. The summed E-state index contributed by atoms with van der Waals surface area (Å²) in [4.78, 5) is 16.5. The van der Waals surface area contributed by atoms with E-state index in [0.29, 0.717) is 10.8 Å².